The van der Waals surface area contributed by atoms with E-state index in [1.54, 1.807) is 12.1 Å². The lowest BCUT2D eigenvalue weighted by Gasteiger charge is -2.15. The number of nitrogens with one attached hydrogen (secondary N) is 1. The van der Waals surface area contributed by atoms with Crippen molar-refractivity contribution < 1.29 is 13.2 Å². The molecule has 0 bridgehead atoms. The second-order valence-corrected chi connectivity index (χ2v) is 6.57. The highest BCUT2D eigenvalue weighted by Crippen LogP contribution is 2.15. The van der Waals surface area contributed by atoms with E-state index in [0.717, 1.165) is 6.26 Å². The van der Waals surface area contributed by atoms with Crippen LogP contribution in [-0.2, 0) is 14.6 Å². The highest BCUT2D eigenvalue weighted by Gasteiger charge is 2.17. The van der Waals surface area contributed by atoms with Crippen LogP contribution in [0.3, 0.4) is 0 Å². The van der Waals surface area contributed by atoms with E-state index in [9.17, 15) is 13.2 Å². The Morgan fingerprint density at radius 2 is 1.94 bits per heavy atom. The Hall–Kier alpha value is -1.40. The molecule has 0 aliphatic carbocycles. The topological polar surface area (TPSA) is 89.3 Å². The summed E-state index contributed by atoms with van der Waals surface area (Å²) in [4.78, 5) is 11.9. The Bertz CT molecular complexity index is 538. The summed E-state index contributed by atoms with van der Waals surface area (Å²) in [5.41, 5.74) is 6.13. The number of benzene rings is 1. The maximum Gasteiger partial charge on any atom is 0.241 e. The Kier molecular flexibility index (Phi) is 4.48. The average molecular weight is 270 g/mol. The molecular formula is C12H18N2O3S. The minimum absolute atomic E-state index is 0.0168. The van der Waals surface area contributed by atoms with Gasteiger partial charge in [0.15, 0.2) is 9.84 Å². The monoisotopic (exact) mass is 270 g/mol. The first-order valence-corrected chi connectivity index (χ1v) is 7.47. The molecule has 3 N–H and O–H groups in total. The van der Waals surface area contributed by atoms with Crippen molar-refractivity contribution in [3.63, 3.8) is 0 Å². The van der Waals surface area contributed by atoms with E-state index < -0.39 is 15.9 Å². The lowest BCUT2D eigenvalue weighted by Crippen LogP contribution is -2.39. The summed E-state index contributed by atoms with van der Waals surface area (Å²) < 4.78 is 22.8. The van der Waals surface area contributed by atoms with Crippen molar-refractivity contribution in [3.8, 4) is 0 Å². The van der Waals surface area contributed by atoms with Gasteiger partial charge in [-0.3, -0.25) is 4.79 Å². The van der Waals surface area contributed by atoms with Gasteiger partial charge in [-0.05, 0) is 24.1 Å². The number of carbonyl (C=O) groups is 1. The lowest BCUT2D eigenvalue weighted by atomic mass is 10.1. The number of carbonyl (C=O) groups excluding carboxylic acids is 1. The van der Waals surface area contributed by atoms with Gasteiger partial charge in [-0.25, -0.2) is 8.42 Å². The third kappa shape index (κ3) is 3.82. The molecule has 6 heteroatoms. The minimum Gasteiger partial charge on any atom is -0.325 e. The highest BCUT2D eigenvalue weighted by molar-refractivity contribution is 7.90. The molecule has 0 radical (unpaired) electrons. The third-order valence-corrected chi connectivity index (χ3v) is 3.66. The molecule has 0 saturated carbocycles. The van der Waals surface area contributed by atoms with E-state index >= 15 is 0 Å². The molecule has 0 spiro atoms. The van der Waals surface area contributed by atoms with Crippen LogP contribution < -0.4 is 11.1 Å². The molecule has 18 heavy (non-hydrogen) atoms. The van der Waals surface area contributed by atoms with Crippen LogP contribution in [0.25, 0.3) is 0 Å². The summed E-state index contributed by atoms with van der Waals surface area (Å²) in [5.74, 6) is -0.307. The van der Waals surface area contributed by atoms with Gasteiger partial charge in [0.2, 0.25) is 5.91 Å². The average Bonchev–Trinajstić information content (AvgIpc) is 2.27. The molecule has 1 aromatic rings. The molecule has 1 atom stereocenters. The highest BCUT2D eigenvalue weighted by atomic mass is 32.2. The van der Waals surface area contributed by atoms with Gasteiger partial charge in [0.25, 0.3) is 0 Å². The van der Waals surface area contributed by atoms with Gasteiger partial charge in [-0.1, -0.05) is 19.9 Å². The number of sulfone groups is 1. The van der Waals surface area contributed by atoms with E-state index in [0.29, 0.717) is 5.69 Å². The zero-order chi connectivity index (χ0) is 13.9. The molecule has 0 aromatic heterocycles. The van der Waals surface area contributed by atoms with Gasteiger partial charge in [0.1, 0.15) is 0 Å². The standard InChI is InChI=1S/C12H18N2O3S/c1-8(2)11(13)12(15)14-9-5-4-6-10(7-9)18(3,16)17/h4-8,11H,13H2,1-3H3,(H,14,15). The van der Waals surface area contributed by atoms with Crippen molar-refractivity contribution in [2.45, 2.75) is 24.8 Å². The predicted octanol–water partition coefficient (Wildman–Crippen LogP) is 1.01. The van der Waals surface area contributed by atoms with E-state index in [4.69, 9.17) is 5.73 Å². The maximum atomic E-state index is 11.7. The number of anilines is 1. The van der Waals surface area contributed by atoms with Crippen LogP contribution >= 0.6 is 0 Å². The Balaban J connectivity index is 2.90. The fraction of sp³-hybridized carbons (Fsp3) is 0.417. The summed E-state index contributed by atoms with van der Waals surface area (Å²) in [6.07, 6.45) is 1.12. The molecule has 1 unspecified atom stereocenters. The zero-order valence-electron chi connectivity index (χ0n) is 10.7. The molecule has 0 fully saturated rings. The van der Waals surface area contributed by atoms with Crippen molar-refractivity contribution in [1.29, 1.82) is 0 Å². The number of rotatable bonds is 4. The molecule has 100 valence electrons. The Morgan fingerprint density at radius 1 is 1.33 bits per heavy atom. The van der Waals surface area contributed by atoms with Crippen LogP contribution in [0.2, 0.25) is 0 Å². The van der Waals surface area contributed by atoms with Gasteiger partial charge in [-0.15, -0.1) is 0 Å². The molecule has 1 rings (SSSR count). The van der Waals surface area contributed by atoms with Gasteiger partial charge in [0.05, 0.1) is 10.9 Å². The fourth-order valence-electron chi connectivity index (χ4n) is 1.33. The largest absolute Gasteiger partial charge is 0.325 e. The van der Waals surface area contributed by atoms with Gasteiger partial charge in [-0.2, -0.15) is 0 Å². The molecule has 5 nitrogen and oxygen atoms in total. The van der Waals surface area contributed by atoms with Gasteiger partial charge < -0.3 is 11.1 Å². The van der Waals surface area contributed by atoms with Crippen LogP contribution in [-0.4, -0.2) is 26.6 Å². The normalized spacial score (nSPS) is 13.4. The van der Waals surface area contributed by atoms with Crippen molar-refractivity contribution >= 4 is 21.4 Å². The second-order valence-electron chi connectivity index (χ2n) is 4.56. The van der Waals surface area contributed by atoms with Gasteiger partial charge in [0, 0.05) is 11.9 Å². The summed E-state index contributed by atoms with van der Waals surface area (Å²) in [7, 11) is -3.28. The molecule has 0 heterocycles. The minimum atomic E-state index is -3.28. The first-order valence-electron chi connectivity index (χ1n) is 5.58. The molecule has 1 aromatic carbocycles. The lowest BCUT2D eigenvalue weighted by molar-refractivity contribution is -0.118. The molecular weight excluding hydrogens is 252 g/mol. The molecule has 0 aliphatic rings. The predicted molar refractivity (Wildman–Crippen MR) is 71.0 cm³/mol. The van der Waals surface area contributed by atoms with Crippen molar-refractivity contribution in [1.82, 2.24) is 0 Å². The second kappa shape index (κ2) is 5.49. The summed E-state index contributed by atoms with van der Waals surface area (Å²) >= 11 is 0. The van der Waals surface area contributed by atoms with Crippen LogP contribution in [0.15, 0.2) is 29.2 Å². The maximum absolute atomic E-state index is 11.7. The zero-order valence-corrected chi connectivity index (χ0v) is 11.5. The first-order chi connectivity index (χ1) is 8.21. The van der Waals surface area contributed by atoms with Crippen LogP contribution in [0.5, 0.6) is 0 Å². The van der Waals surface area contributed by atoms with E-state index in [2.05, 4.69) is 5.32 Å². The number of hydrogen-bond acceptors (Lipinski definition) is 4. The van der Waals surface area contributed by atoms with E-state index in [1.165, 1.54) is 12.1 Å². The number of nitrogens with two attached hydrogens (primary N) is 1. The van der Waals surface area contributed by atoms with Crippen LogP contribution in [0.1, 0.15) is 13.8 Å². The number of hydrogen-bond donors (Lipinski definition) is 2. The molecule has 0 aliphatic heterocycles. The molecule has 0 saturated heterocycles. The summed E-state index contributed by atoms with van der Waals surface area (Å²) in [6.45, 7) is 3.69. The van der Waals surface area contributed by atoms with Crippen molar-refractivity contribution in [2.24, 2.45) is 11.7 Å². The van der Waals surface area contributed by atoms with Crippen molar-refractivity contribution in [2.75, 3.05) is 11.6 Å². The van der Waals surface area contributed by atoms with Crippen LogP contribution in [0.4, 0.5) is 5.69 Å². The Labute approximate surface area is 107 Å². The smallest absolute Gasteiger partial charge is 0.241 e. The SMILES string of the molecule is CC(C)C(N)C(=O)Nc1cccc(S(C)(=O)=O)c1. The molecule has 1 amide bonds. The Morgan fingerprint density at radius 3 is 2.44 bits per heavy atom. The van der Waals surface area contributed by atoms with Crippen LogP contribution in [0, 0.1) is 5.92 Å². The number of amides is 1. The summed E-state index contributed by atoms with van der Waals surface area (Å²) in [6, 6.07) is 5.48. The van der Waals surface area contributed by atoms with E-state index in [1.807, 2.05) is 13.8 Å². The third-order valence-electron chi connectivity index (χ3n) is 2.55. The summed E-state index contributed by atoms with van der Waals surface area (Å²) in [5, 5.41) is 2.61. The fourth-order valence-corrected chi connectivity index (χ4v) is 2.00. The van der Waals surface area contributed by atoms with Crippen molar-refractivity contribution in [3.05, 3.63) is 24.3 Å². The van der Waals surface area contributed by atoms with E-state index in [-0.39, 0.29) is 16.7 Å². The quantitative estimate of drug-likeness (QED) is 0.854. The first kappa shape index (κ1) is 14.7. The van der Waals surface area contributed by atoms with Gasteiger partial charge >= 0.3 is 0 Å².